The Balaban J connectivity index is 2.62. The van der Waals surface area contributed by atoms with Gasteiger partial charge in [0, 0.05) is 0 Å². The number of phenols is 1. The zero-order valence-corrected chi connectivity index (χ0v) is 11.9. The summed E-state index contributed by atoms with van der Waals surface area (Å²) < 4.78 is 5.93. The van der Waals surface area contributed by atoms with Crippen molar-refractivity contribution in [3.8, 4) is 11.5 Å². The molecule has 0 saturated carbocycles. The minimum atomic E-state index is 0.217. The van der Waals surface area contributed by atoms with Crippen LogP contribution in [0.2, 0.25) is 0 Å². The quantitative estimate of drug-likeness (QED) is 0.678. The second kappa shape index (κ2) is 8.02. The standard InChI is InChI=1S/C16H26O2/c1-4-7-8-9-14(6-3)18-16-12-13(5-2)10-11-15(16)17/h10-12,14,17H,4-9H2,1-3H3. The highest BCUT2D eigenvalue weighted by Gasteiger charge is 2.11. The van der Waals surface area contributed by atoms with E-state index >= 15 is 0 Å². The van der Waals surface area contributed by atoms with Crippen LogP contribution in [-0.2, 0) is 6.42 Å². The molecule has 0 radical (unpaired) electrons. The molecular weight excluding hydrogens is 224 g/mol. The smallest absolute Gasteiger partial charge is 0.161 e. The van der Waals surface area contributed by atoms with Crippen LogP contribution < -0.4 is 4.74 Å². The highest BCUT2D eigenvalue weighted by atomic mass is 16.5. The third-order valence-electron chi connectivity index (χ3n) is 3.31. The summed E-state index contributed by atoms with van der Waals surface area (Å²) in [6.07, 6.45) is 6.91. The number of aromatic hydroxyl groups is 1. The molecule has 2 nitrogen and oxygen atoms in total. The zero-order chi connectivity index (χ0) is 13.4. The summed E-state index contributed by atoms with van der Waals surface area (Å²) in [5, 5.41) is 9.82. The first-order valence-electron chi connectivity index (χ1n) is 7.19. The van der Waals surface area contributed by atoms with Gasteiger partial charge in [-0.15, -0.1) is 0 Å². The molecule has 0 amide bonds. The molecule has 0 spiro atoms. The molecule has 0 aromatic heterocycles. The minimum Gasteiger partial charge on any atom is -0.504 e. The monoisotopic (exact) mass is 250 g/mol. The molecule has 0 bridgehead atoms. The Kier molecular flexibility index (Phi) is 6.63. The van der Waals surface area contributed by atoms with Gasteiger partial charge in [-0.3, -0.25) is 0 Å². The predicted molar refractivity (Wildman–Crippen MR) is 76.3 cm³/mol. The number of unbranched alkanes of at least 4 members (excludes halogenated alkanes) is 2. The van der Waals surface area contributed by atoms with Gasteiger partial charge >= 0.3 is 0 Å². The van der Waals surface area contributed by atoms with E-state index in [1.807, 2.05) is 12.1 Å². The molecule has 0 heterocycles. The number of benzene rings is 1. The molecule has 0 aliphatic rings. The van der Waals surface area contributed by atoms with E-state index < -0.39 is 0 Å². The van der Waals surface area contributed by atoms with Crippen molar-refractivity contribution in [2.75, 3.05) is 0 Å². The maximum atomic E-state index is 9.82. The largest absolute Gasteiger partial charge is 0.504 e. The zero-order valence-electron chi connectivity index (χ0n) is 11.9. The van der Waals surface area contributed by atoms with Gasteiger partial charge in [0.1, 0.15) is 0 Å². The summed E-state index contributed by atoms with van der Waals surface area (Å²) in [4.78, 5) is 0. The molecule has 1 atom stereocenters. The lowest BCUT2D eigenvalue weighted by molar-refractivity contribution is 0.176. The van der Waals surface area contributed by atoms with Crippen LogP contribution in [0.5, 0.6) is 11.5 Å². The number of phenolic OH excluding ortho intramolecular Hbond substituents is 1. The molecule has 0 saturated heterocycles. The van der Waals surface area contributed by atoms with Crippen molar-refractivity contribution < 1.29 is 9.84 Å². The van der Waals surface area contributed by atoms with E-state index in [2.05, 4.69) is 20.8 Å². The summed E-state index contributed by atoms with van der Waals surface area (Å²) in [6, 6.07) is 5.63. The Morgan fingerprint density at radius 3 is 2.56 bits per heavy atom. The SMILES string of the molecule is CCCCCC(CC)Oc1cc(CC)ccc1O. The topological polar surface area (TPSA) is 29.5 Å². The van der Waals surface area contributed by atoms with Crippen molar-refractivity contribution in [3.63, 3.8) is 0 Å². The van der Waals surface area contributed by atoms with Crippen molar-refractivity contribution in [2.24, 2.45) is 0 Å². The van der Waals surface area contributed by atoms with Gasteiger partial charge in [-0.2, -0.15) is 0 Å². The van der Waals surface area contributed by atoms with E-state index in [1.54, 1.807) is 6.07 Å². The van der Waals surface area contributed by atoms with Crippen LogP contribution in [0.1, 0.15) is 58.4 Å². The van der Waals surface area contributed by atoms with Crippen molar-refractivity contribution in [3.05, 3.63) is 23.8 Å². The molecule has 1 N–H and O–H groups in total. The third kappa shape index (κ3) is 4.59. The molecule has 18 heavy (non-hydrogen) atoms. The Hall–Kier alpha value is -1.18. The number of aryl methyl sites for hydroxylation is 1. The van der Waals surface area contributed by atoms with Crippen LogP contribution in [0, 0.1) is 0 Å². The van der Waals surface area contributed by atoms with Gasteiger partial charge < -0.3 is 9.84 Å². The Morgan fingerprint density at radius 1 is 1.17 bits per heavy atom. The van der Waals surface area contributed by atoms with Crippen LogP contribution in [0.15, 0.2) is 18.2 Å². The van der Waals surface area contributed by atoms with Gasteiger partial charge in [0.15, 0.2) is 11.5 Å². The average Bonchev–Trinajstić information content (AvgIpc) is 2.40. The van der Waals surface area contributed by atoms with Crippen LogP contribution in [0.3, 0.4) is 0 Å². The molecule has 102 valence electrons. The fourth-order valence-corrected chi connectivity index (χ4v) is 2.02. The molecule has 0 aliphatic carbocycles. The van der Waals surface area contributed by atoms with Crippen molar-refractivity contribution in [2.45, 2.75) is 65.4 Å². The highest BCUT2D eigenvalue weighted by Crippen LogP contribution is 2.29. The van der Waals surface area contributed by atoms with Crippen molar-refractivity contribution in [1.82, 2.24) is 0 Å². The number of rotatable bonds is 8. The summed E-state index contributed by atoms with van der Waals surface area (Å²) in [6.45, 7) is 6.45. The van der Waals surface area contributed by atoms with Crippen LogP contribution in [-0.4, -0.2) is 11.2 Å². The first kappa shape index (κ1) is 14.9. The molecule has 0 fully saturated rings. The predicted octanol–water partition coefficient (Wildman–Crippen LogP) is 4.69. The van der Waals surface area contributed by atoms with Gasteiger partial charge in [0.2, 0.25) is 0 Å². The molecule has 1 unspecified atom stereocenters. The average molecular weight is 250 g/mol. The summed E-state index contributed by atoms with van der Waals surface area (Å²) in [5.74, 6) is 0.888. The molecule has 1 rings (SSSR count). The first-order chi connectivity index (χ1) is 8.71. The van der Waals surface area contributed by atoms with E-state index in [0.717, 1.165) is 19.3 Å². The fraction of sp³-hybridized carbons (Fsp3) is 0.625. The normalized spacial score (nSPS) is 12.4. The van der Waals surface area contributed by atoms with E-state index in [4.69, 9.17) is 4.74 Å². The van der Waals surface area contributed by atoms with Gasteiger partial charge in [-0.25, -0.2) is 0 Å². The third-order valence-corrected chi connectivity index (χ3v) is 3.31. The van der Waals surface area contributed by atoms with E-state index in [0.29, 0.717) is 5.75 Å². The number of hydrogen-bond donors (Lipinski definition) is 1. The Bertz CT molecular complexity index is 347. The minimum absolute atomic E-state index is 0.217. The lowest BCUT2D eigenvalue weighted by Gasteiger charge is -2.18. The van der Waals surface area contributed by atoms with Crippen LogP contribution in [0.25, 0.3) is 0 Å². The maximum Gasteiger partial charge on any atom is 0.161 e. The van der Waals surface area contributed by atoms with E-state index in [-0.39, 0.29) is 11.9 Å². The number of hydrogen-bond acceptors (Lipinski definition) is 2. The maximum absolute atomic E-state index is 9.82. The molecular formula is C16H26O2. The molecule has 0 aliphatic heterocycles. The Morgan fingerprint density at radius 2 is 1.94 bits per heavy atom. The fourth-order valence-electron chi connectivity index (χ4n) is 2.02. The highest BCUT2D eigenvalue weighted by molar-refractivity contribution is 5.41. The van der Waals surface area contributed by atoms with Crippen LogP contribution >= 0.6 is 0 Å². The second-order valence-electron chi connectivity index (χ2n) is 4.80. The van der Waals surface area contributed by atoms with E-state index in [9.17, 15) is 5.11 Å². The summed E-state index contributed by atoms with van der Waals surface area (Å²) >= 11 is 0. The van der Waals surface area contributed by atoms with Gasteiger partial charge in [-0.05, 0) is 43.4 Å². The lowest BCUT2D eigenvalue weighted by atomic mass is 10.1. The summed E-state index contributed by atoms with van der Waals surface area (Å²) in [5.41, 5.74) is 1.20. The van der Waals surface area contributed by atoms with Gasteiger partial charge in [0.25, 0.3) is 0 Å². The van der Waals surface area contributed by atoms with E-state index in [1.165, 1.54) is 24.8 Å². The molecule has 1 aromatic carbocycles. The van der Waals surface area contributed by atoms with Gasteiger partial charge in [-0.1, -0.05) is 39.7 Å². The second-order valence-corrected chi connectivity index (χ2v) is 4.80. The van der Waals surface area contributed by atoms with Gasteiger partial charge in [0.05, 0.1) is 6.10 Å². The summed E-state index contributed by atoms with van der Waals surface area (Å²) in [7, 11) is 0. The molecule has 2 heteroatoms. The first-order valence-corrected chi connectivity index (χ1v) is 7.19. The van der Waals surface area contributed by atoms with Crippen LogP contribution in [0.4, 0.5) is 0 Å². The van der Waals surface area contributed by atoms with Crippen molar-refractivity contribution >= 4 is 0 Å². The molecule has 1 aromatic rings. The lowest BCUT2D eigenvalue weighted by Crippen LogP contribution is -2.15. The van der Waals surface area contributed by atoms with Crippen molar-refractivity contribution in [1.29, 1.82) is 0 Å². The Labute approximate surface area is 111 Å². The number of ether oxygens (including phenoxy) is 1.